The van der Waals surface area contributed by atoms with Gasteiger partial charge in [0.05, 0.1) is 11.5 Å². The molecule has 2 heterocycles. The van der Waals surface area contributed by atoms with Gasteiger partial charge in [0.2, 0.25) is 23.6 Å². The van der Waals surface area contributed by atoms with Crippen LogP contribution >= 0.6 is 21.6 Å². The molecule has 0 saturated heterocycles. The second kappa shape index (κ2) is 18.3. The number of nitrogens with zero attached hydrogens (tertiary/aromatic N) is 2. The summed E-state index contributed by atoms with van der Waals surface area (Å²) in [6.45, 7) is 1.11. The van der Waals surface area contributed by atoms with Gasteiger partial charge in [-0.05, 0) is 25.7 Å². The van der Waals surface area contributed by atoms with Crippen LogP contribution in [0.2, 0.25) is 0 Å². The van der Waals surface area contributed by atoms with E-state index in [1.54, 1.807) is 12.1 Å². The molecule has 36 heavy (non-hydrogen) atoms. The van der Waals surface area contributed by atoms with Crippen LogP contribution in [0.15, 0.2) is 33.7 Å². The molecule has 0 fully saturated rings. The second-order valence-corrected chi connectivity index (χ2v) is 10.2. The van der Waals surface area contributed by atoms with Crippen LogP contribution in [0.25, 0.3) is 0 Å². The highest BCUT2D eigenvalue weighted by molar-refractivity contribution is 8.77. The highest BCUT2D eigenvalue weighted by atomic mass is 33.1. The highest BCUT2D eigenvalue weighted by Crippen LogP contribution is 2.20. The lowest BCUT2D eigenvalue weighted by molar-refractivity contribution is -0.119. The molecule has 2 aromatic heterocycles. The van der Waals surface area contributed by atoms with Crippen LogP contribution in [0.5, 0.6) is 0 Å². The standard InChI is InChI=1S/C22H32N6O6S2/c29-19(25-17-9-13-33-27-17)7-3-1-5-11-23-21(31)15-35-36-16-22(32)24-12-6-2-4-8-20(30)26-18-10-14-34-28-18/h9-10,13-14H,1-8,11-12,15-16H2,(H,23,31)(H,24,32)(H,25,27,29)(H,26,28,30). The first-order valence-electron chi connectivity index (χ1n) is 11.7. The van der Waals surface area contributed by atoms with E-state index in [2.05, 4.69) is 40.6 Å². The molecule has 4 N–H and O–H groups in total. The van der Waals surface area contributed by atoms with Crippen molar-refractivity contribution >= 4 is 56.9 Å². The van der Waals surface area contributed by atoms with Gasteiger partial charge in [-0.25, -0.2) is 0 Å². The fourth-order valence-electron chi connectivity index (χ4n) is 2.89. The fourth-order valence-corrected chi connectivity index (χ4v) is 4.61. The number of nitrogens with one attached hydrogen (secondary N) is 4. The van der Waals surface area contributed by atoms with Gasteiger partial charge in [0.25, 0.3) is 0 Å². The molecule has 0 radical (unpaired) electrons. The van der Waals surface area contributed by atoms with Gasteiger partial charge in [-0.3, -0.25) is 19.2 Å². The molecular weight excluding hydrogens is 508 g/mol. The average Bonchev–Trinajstić information content (AvgIpc) is 3.55. The number of amides is 4. The summed E-state index contributed by atoms with van der Waals surface area (Å²) >= 11 is 0. The Morgan fingerprint density at radius 3 is 1.47 bits per heavy atom. The van der Waals surface area contributed by atoms with Crippen LogP contribution in [0.3, 0.4) is 0 Å². The Bertz CT molecular complexity index is 836. The fraction of sp³-hybridized carbons (Fsp3) is 0.545. The van der Waals surface area contributed by atoms with Crippen molar-refractivity contribution in [3.8, 4) is 0 Å². The van der Waals surface area contributed by atoms with Gasteiger partial charge in [0, 0.05) is 38.1 Å². The molecule has 0 saturated carbocycles. The van der Waals surface area contributed by atoms with Crippen molar-refractivity contribution in [2.75, 3.05) is 35.2 Å². The van der Waals surface area contributed by atoms with Crippen LogP contribution in [0, 0.1) is 0 Å². The van der Waals surface area contributed by atoms with Crippen molar-refractivity contribution in [1.29, 1.82) is 0 Å². The Balaban J connectivity index is 1.33. The number of aromatic nitrogens is 2. The number of hydrogen-bond acceptors (Lipinski definition) is 10. The van der Waals surface area contributed by atoms with Gasteiger partial charge >= 0.3 is 0 Å². The maximum absolute atomic E-state index is 11.9. The van der Waals surface area contributed by atoms with Crippen molar-refractivity contribution < 1.29 is 28.2 Å². The minimum Gasteiger partial charge on any atom is -0.363 e. The van der Waals surface area contributed by atoms with Crippen LogP contribution in [-0.2, 0) is 19.2 Å². The molecular formula is C22H32N6O6S2. The van der Waals surface area contributed by atoms with Crippen molar-refractivity contribution in [3.63, 3.8) is 0 Å². The lowest BCUT2D eigenvalue weighted by atomic mass is 10.2. The van der Waals surface area contributed by atoms with E-state index in [1.165, 1.54) is 34.1 Å². The van der Waals surface area contributed by atoms with E-state index in [9.17, 15) is 19.2 Å². The van der Waals surface area contributed by atoms with Gasteiger partial charge in [-0.2, -0.15) is 0 Å². The van der Waals surface area contributed by atoms with E-state index >= 15 is 0 Å². The van der Waals surface area contributed by atoms with Crippen LogP contribution in [0.1, 0.15) is 51.4 Å². The van der Waals surface area contributed by atoms with Gasteiger partial charge in [0.1, 0.15) is 12.5 Å². The summed E-state index contributed by atoms with van der Waals surface area (Å²) in [5, 5.41) is 18.2. The molecule has 2 aromatic rings. The van der Waals surface area contributed by atoms with Crippen molar-refractivity contribution in [2.45, 2.75) is 51.4 Å². The van der Waals surface area contributed by atoms with E-state index in [0.29, 0.717) is 37.6 Å². The third-order valence-electron chi connectivity index (χ3n) is 4.68. The number of rotatable bonds is 19. The van der Waals surface area contributed by atoms with E-state index < -0.39 is 0 Å². The van der Waals surface area contributed by atoms with Crippen LogP contribution in [0.4, 0.5) is 11.6 Å². The van der Waals surface area contributed by atoms with Crippen molar-refractivity contribution in [1.82, 2.24) is 20.9 Å². The Kier molecular flexibility index (Phi) is 14.9. The summed E-state index contributed by atoms with van der Waals surface area (Å²) in [6.07, 6.45) is 8.22. The lowest BCUT2D eigenvalue weighted by Gasteiger charge is -2.06. The molecule has 0 aliphatic carbocycles. The Morgan fingerprint density at radius 1 is 0.639 bits per heavy atom. The first-order chi connectivity index (χ1) is 17.5. The molecule has 4 amide bonds. The zero-order valence-corrected chi connectivity index (χ0v) is 21.6. The third-order valence-corrected chi connectivity index (χ3v) is 6.81. The van der Waals surface area contributed by atoms with Gasteiger partial charge < -0.3 is 30.3 Å². The number of unbranched alkanes of at least 4 members (excludes halogenated alkanes) is 4. The minimum absolute atomic E-state index is 0.0794. The molecule has 0 aliphatic rings. The van der Waals surface area contributed by atoms with E-state index in [1.807, 2.05) is 0 Å². The molecule has 0 spiro atoms. The summed E-state index contributed by atoms with van der Waals surface area (Å²) < 4.78 is 9.29. The lowest BCUT2D eigenvalue weighted by Crippen LogP contribution is -2.27. The summed E-state index contributed by atoms with van der Waals surface area (Å²) in [7, 11) is 2.67. The Morgan fingerprint density at radius 2 is 1.08 bits per heavy atom. The predicted molar refractivity (Wildman–Crippen MR) is 138 cm³/mol. The molecule has 12 nitrogen and oxygen atoms in total. The molecule has 0 unspecified atom stereocenters. The molecule has 14 heteroatoms. The molecule has 2 rings (SSSR count). The summed E-state index contributed by atoms with van der Waals surface area (Å²) in [4.78, 5) is 47.1. The number of hydrogen-bond donors (Lipinski definition) is 4. The van der Waals surface area contributed by atoms with E-state index in [0.717, 1.165) is 38.5 Å². The monoisotopic (exact) mass is 540 g/mol. The van der Waals surface area contributed by atoms with Crippen molar-refractivity contribution in [3.05, 3.63) is 24.7 Å². The quantitative estimate of drug-likeness (QED) is 0.153. The molecule has 0 aliphatic heterocycles. The normalized spacial score (nSPS) is 10.6. The molecule has 0 atom stereocenters. The molecule has 0 bridgehead atoms. The number of anilines is 2. The minimum atomic E-state index is -0.116. The number of carbonyl (C=O) groups excluding carboxylic acids is 4. The predicted octanol–water partition coefficient (Wildman–Crippen LogP) is 2.97. The topological polar surface area (TPSA) is 168 Å². The Hall–Kier alpha value is -3.00. The Labute approximate surface area is 217 Å². The maximum Gasteiger partial charge on any atom is 0.230 e. The summed E-state index contributed by atoms with van der Waals surface area (Å²) in [6, 6.07) is 3.15. The van der Waals surface area contributed by atoms with Crippen LogP contribution < -0.4 is 21.3 Å². The molecule has 0 aromatic carbocycles. The first-order valence-corrected chi connectivity index (χ1v) is 14.2. The van der Waals surface area contributed by atoms with Crippen LogP contribution in [-0.4, -0.2) is 58.5 Å². The molecule has 198 valence electrons. The number of carbonyl (C=O) groups is 4. The SMILES string of the molecule is O=C(CSSCC(=O)NCCCCCC(=O)Nc1ccon1)NCCCCCC(=O)Nc1ccon1. The third kappa shape index (κ3) is 14.4. The zero-order chi connectivity index (χ0) is 25.8. The largest absolute Gasteiger partial charge is 0.363 e. The summed E-state index contributed by atoms with van der Waals surface area (Å²) in [5.41, 5.74) is 0. The average molecular weight is 541 g/mol. The second-order valence-electron chi connectivity index (χ2n) is 7.71. The maximum atomic E-state index is 11.9. The van der Waals surface area contributed by atoms with Gasteiger partial charge in [-0.15, -0.1) is 0 Å². The summed E-state index contributed by atoms with van der Waals surface area (Å²) in [5.74, 6) is 0.957. The van der Waals surface area contributed by atoms with Gasteiger partial charge in [-0.1, -0.05) is 44.7 Å². The first kappa shape index (κ1) is 29.2. The van der Waals surface area contributed by atoms with E-state index in [-0.39, 0.29) is 35.1 Å². The zero-order valence-electron chi connectivity index (χ0n) is 20.0. The van der Waals surface area contributed by atoms with E-state index in [4.69, 9.17) is 0 Å². The smallest absolute Gasteiger partial charge is 0.230 e. The highest BCUT2D eigenvalue weighted by Gasteiger charge is 2.07. The van der Waals surface area contributed by atoms with Crippen molar-refractivity contribution in [2.24, 2.45) is 0 Å². The van der Waals surface area contributed by atoms with Gasteiger partial charge in [0.15, 0.2) is 11.6 Å².